The molecule has 90 valence electrons. The summed E-state index contributed by atoms with van der Waals surface area (Å²) < 4.78 is 25.4. The van der Waals surface area contributed by atoms with Crippen LogP contribution in [0.15, 0.2) is 0 Å². The monoisotopic (exact) mass is 234 g/mol. The van der Waals surface area contributed by atoms with Crippen LogP contribution in [0.3, 0.4) is 0 Å². The van der Waals surface area contributed by atoms with Crippen LogP contribution in [0, 0.1) is 5.41 Å². The van der Waals surface area contributed by atoms with E-state index in [2.05, 4.69) is 6.92 Å². The largest absolute Gasteiger partial charge is 0.330 e. The fourth-order valence-electron chi connectivity index (χ4n) is 1.78. The molecule has 4 nitrogen and oxygen atoms in total. The van der Waals surface area contributed by atoms with E-state index in [0.717, 1.165) is 12.8 Å². The molecule has 0 aromatic heterocycles. The van der Waals surface area contributed by atoms with Gasteiger partial charge in [-0.25, -0.2) is 12.7 Å². The van der Waals surface area contributed by atoms with Crippen LogP contribution in [0.2, 0.25) is 0 Å². The summed E-state index contributed by atoms with van der Waals surface area (Å²) in [6.07, 6.45) is 1.74. The van der Waals surface area contributed by atoms with Crippen LogP contribution in [-0.4, -0.2) is 37.6 Å². The highest BCUT2D eigenvalue weighted by molar-refractivity contribution is 7.89. The number of hydrogen-bond donors (Lipinski definition) is 1. The number of sulfonamides is 1. The smallest absolute Gasteiger partial charge is 0.216 e. The predicted molar refractivity (Wildman–Crippen MR) is 62.0 cm³/mol. The summed E-state index contributed by atoms with van der Waals surface area (Å²) in [5, 5.41) is -0.320. The van der Waals surface area contributed by atoms with E-state index >= 15 is 0 Å². The number of nitrogens with two attached hydrogens (primary N) is 1. The van der Waals surface area contributed by atoms with Gasteiger partial charge in [0.25, 0.3) is 0 Å². The van der Waals surface area contributed by atoms with E-state index in [0.29, 0.717) is 19.6 Å². The lowest BCUT2D eigenvalue weighted by molar-refractivity contribution is 0.182. The van der Waals surface area contributed by atoms with Crippen LogP contribution >= 0.6 is 0 Å². The summed E-state index contributed by atoms with van der Waals surface area (Å²) in [5.41, 5.74) is 5.81. The molecule has 0 atom stereocenters. The SMILES string of the molecule is CC(C)S(=O)(=O)N1CCC(C)(CN)CC1. The first kappa shape index (κ1) is 12.9. The molecule has 1 aliphatic rings. The van der Waals surface area contributed by atoms with Crippen molar-refractivity contribution in [2.24, 2.45) is 11.1 Å². The van der Waals surface area contributed by atoms with E-state index in [1.165, 1.54) is 0 Å². The fourth-order valence-corrected chi connectivity index (χ4v) is 3.07. The van der Waals surface area contributed by atoms with E-state index < -0.39 is 10.0 Å². The molecule has 0 bridgehead atoms. The topological polar surface area (TPSA) is 63.4 Å². The summed E-state index contributed by atoms with van der Waals surface area (Å²) in [7, 11) is -3.07. The Balaban J connectivity index is 2.66. The Labute approximate surface area is 92.9 Å². The van der Waals surface area contributed by atoms with Gasteiger partial charge < -0.3 is 5.73 Å². The van der Waals surface area contributed by atoms with Crippen LogP contribution in [0.5, 0.6) is 0 Å². The van der Waals surface area contributed by atoms with Crippen molar-refractivity contribution in [1.82, 2.24) is 4.31 Å². The summed E-state index contributed by atoms with van der Waals surface area (Å²) in [6.45, 7) is 7.47. The molecule has 1 rings (SSSR count). The van der Waals surface area contributed by atoms with Crippen molar-refractivity contribution in [3.05, 3.63) is 0 Å². The Morgan fingerprint density at radius 1 is 1.33 bits per heavy atom. The summed E-state index contributed by atoms with van der Waals surface area (Å²) >= 11 is 0. The molecule has 0 aromatic rings. The molecule has 2 N–H and O–H groups in total. The summed E-state index contributed by atoms with van der Waals surface area (Å²) in [5.74, 6) is 0. The molecule has 0 aliphatic carbocycles. The van der Waals surface area contributed by atoms with Crippen LogP contribution in [0.4, 0.5) is 0 Å². The lowest BCUT2D eigenvalue weighted by Gasteiger charge is -2.38. The van der Waals surface area contributed by atoms with Gasteiger partial charge in [0.05, 0.1) is 5.25 Å². The Morgan fingerprint density at radius 3 is 2.13 bits per heavy atom. The van der Waals surface area contributed by atoms with E-state index in [9.17, 15) is 8.42 Å². The first-order valence-corrected chi connectivity index (χ1v) is 7.01. The van der Waals surface area contributed by atoms with Gasteiger partial charge in [0.2, 0.25) is 10.0 Å². The fraction of sp³-hybridized carbons (Fsp3) is 1.00. The van der Waals surface area contributed by atoms with E-state index in [1.54, 1.807) is 18.2 Å². The van der Waals surface area contributed by atoms with Crippen LogP contribution < -0.4 is 5.73 Å². The Kier molecular flexibility index (Phi) is 3.79. The minimum absolute atomic E-state index is 0.128. The maximum absolute atomic E-state index is 11.9. The van der Waals surface area contributed by atoms with Gasteiger partial charge >= 0.3 is 0 Å². The summed E-state index contributed by atoms with van der Waals surface area (Å²) in [4.78, 5) is 0. The Hall–Kier alpha value is -0.130. The zero-order chi connectivity index (χ0) is 11.7. The van der Waals surface area contributed by atoms with Gasteiger partial charge in [0, 0.05) is 13.1 Å². The Bertz CT molecular complexity index is 303. The van der Waals surface area contributed by atoms with E-state index in [1.807, 2.05) is 0 Å². The normalized spacial score (nSPS) is 23.3. The van der Waals surface area contributed by atoms with Gasteiger partial charge in [-0.15, -0.1) is 0 Å². The van der Waals surface area contributed by atoms with Crippen molar-refractivity contribution in [3.63, 3.8) is 0 Å². The van der Waals surface area contributed by atoms with Crippen LogP contribution in [-0.2, 0) is 10.0 Å². The van der Waals surface area contributed by atoms with Gasteiger partial charge in [0.15, 0.2) is 0 Å². The quantitative estimate of drug-likeness (QED) is 0.785. The highest BCUT2D eigenvalue weighted by Crippen LogP contribution is 2.31. The molecule has 15 heavy (non-hydrogen) atoms. The van der Waals surface area contributed by atoms with Crippen molar-refractivity contribution in [3.8, 4) is 0 Å². The number of rotatable bonds is 3. The molecular weight excluding hydrogens is 212 g/mol. The summed E-state index contributed by atoms with van der Waals surface area (Å²) in [6, 6.07) is 0. The molecule has 0 aromatic carbocycles. The second-order valence-corrected chi connectivity index (χ2v) is 7.50. The molecule has 1 aliphatic heterocycles. The zero-order valence-corrected chi connectivity index (χ0v) is 10.7. The molecule has 0 spiro atoms. The second-order valence-electron chi connectivity index (χ2n) is 5.01. The van der Waals surface area contributed by atoms with Gasteiger partial charge in [0.1, 0.15) is 0 Å². The van der Waals surface area contributed by atoms with Gasteiger partial charge in [-0.05, 0) is 38.6 Å². The van der Waals surface area contributed by atoms with Crippen molar-refractivity contribution in [1.29, 1.82) is 0 Å². The zero-order valence-electron chi connectivity index (χ0n) is 9.86. The third kappa shape index (κ3) is 2.71. The highest BCUT2D eigenvalue weighted by Gasteiger charge is 2.34. The molecule has 1 fully saturated rings. The van der Waals surface area contributed by atoms with E-state index in [4.69, 9.17) is 5.73 Å². The Morgan fingerprint density at radius 2 is 1.80 bits per heavy atom. The molecule has 0 unspecified atom stereocenters. The van der Waals surface area contributed by atoms with Crippen LogP contribution in [0.25, 0.3) is 0 Å². The lowest BCUT2D eigenvalue weighted by atomic mass is 9.81. The molecule has 0 radical (unpaired) electrons. The minimum atomic E-state index is -3.07. The number of nitrogens with zero attached hydrogens (tertiary/aromatic N) is 1. The molecule has 1 heterocycles. The predicted octanol–water partition coefficient (Wildman–Crippen LogP) is 0.785. The first-order chi connectivity index (χ1) is 6.82. The molecular formula is C10H22N2O2S. The molecule has 0 amide bonds. The average Bonchev–Trinajstić information content (AvgIpc) is 2.18. The minimum Gasteiger partial charge on any atom is -0.330 e. The average molecular weight is 234 g/mol. The second kappa shape index (κ2) is 4.39. The van der Waals surface area contributed by atoms with Crippen molar-refractivity contribution < 1.29 is 8.42 Å². The number of hydrogen-bond acceptors (Lipinski definition) is 3. The molecule has 0 saturated carbocycles. The standard InChI is InChI=1S/C10H22N2O2S/c1-9(2)15(13,14)12-6-4-10(3,8-11)5-7-12/h9H,4-8,11H2,1-3H3. The first-order valence-electron chi connectivity index (χ1n) is 5.51. The molecule has 5 heteroatoms. The highest BCUT2D eigenvalue weighted by atomic mass is 32.2. The van der Waals surface area contributed by atoms with Gasteiger partial charge in [-0.2, -0.15) is 0 Å². The number of piperidine rings is 1. The van der Waals surface area contributed by atoms with Crippen LogP contribution in [0.1, 0.15) is 33.6 Å². The molecule has 1 saturated heterocycles. The maximum atomic E-state index is 11.9. The van der Waals surface area contributed by atoms with Gasteiger partial charge in [-0.1, -0.05) is 6.92 Å². The third-order valence-electron chi connectivity index (χ3n) is 3.38. The maximum Gasteiger partial charge on any atom is 0.216 e. The van der Waals surface area contributed by atoms with Crippen molar-refractivity contribution in [2.45, 2.75) is 38.9 Å². The van der Waals surface area contributed by atoms with Crippen molar-refractivity contribution >= 4 is 10.0 Å². The van der Waals surface area contributed by atoms with E-state index in [-0.39, 0.29) is 10.7 Å². The van der Waals surface area contributed by atoms with Gasteiger partial charge in [-0.3, -0.25) is 0 Å². The third-order valence-corrected chi connectivity index (χ3v) is 5.65. The van der Waals surface area contributed by atoms with Crippen molar-refractivity contribution in [2.75, 3.05) is 19.6 Å². The lowest BCUT2D eigenvalue weighted by Crippen LogP contribution is -2.46.